The molecular formula is C10H15N3O3S. The first kappa shape index (κ1) is 12.2. The van der Waals surface area contributed by atoms with Crippen molar-refractivity contribution in [1.82, 2.24) is 4.72 Å². The van der Waals surface area contributed by atoms with E-state index in [0.29, 0.717) is 24.6 Å². The summed E-state index contributed by atoms with van der Waals surface area (Å²) in [6.45, 7) is 1.14. The molecule has 2 rings (SSSR count). The molecule has 1 aliphatic rings. The lowest BCUT2D eigenvalue weighted by atomic mass is 10.2. The van der Waals surface area contributed by atoms with Crippen LogP contribution in [0.2, 0.25) is 0 Å². The Kier molecular flexibility index (Phi) is 3.51. The molecule has 0 aromatic heterocycles. The Morgan fingerprint density at radius 1 is 1.41 bits per heavy atom. The zero-order valence-corrected chi connectivity index (χ0v) is 10.1. The second kappa shape index (κ2) is 4.91. The zero-order chi connectivity index (χ0) is 12.3. The van der Waals surface area contributed by atoms with Crippen molar-refractivity contribution in [3.63, 3.8) is 0 Å². The van der Waals surface area contributed by atoms with Crippen LogP contribution >= 0.6 is 0 Å². The van der Waals surface area contributed by atoms with Gasteiger partial charge in [0.05, 0.1) is 12.2 Å². The van der Waals surface area contributed by atoms with Gasteiger partial charge in [-0.15, -0.1) is 0 Å². The van der Waals surface area contributed by atoms with Crippen molar-refractivity contribution >= 4 is 15.9 Å². The number of anilines is 1. The summed E-state index contributed by atoms with van der Waals surface area (Å²) in [6, 6.07) is 7.05. The van der Waals surface area contributed by atoms with E-state index in [9.17, 15) is 8.42 Å². The molecule has 0 radical (unpaired) electrons. The zero-order valence-electron chi connectivity index (χ0n) is 9.30. The van der Waals surface area contributed by atoms with E-state index >= 15 is 0 Å². The summed E-state index contributed by atoms with van der Waals surface area (Å²) in [5.41, 5.74) is 5.85. The van der Waals surface area contributed by atoms with Crippen molar-refractivity contribution in [2.24, 2.45) is 5.73 Å². The lowest BCUT2D eigenvalue weighted by molar-refractivity contribution is 0.315. The van der Waals surface area contributed by atoms with Crippen LogP contribution in [0.15, 0.2) is 24.3 Å². The maximum absolute atomic E-state index is 12.0. The van der Waals surface area contributed by atoms with Crippen LogP contribution in [-0.4, -0.2) is 34.7 Å². The van der Waals surface area contributed by atoms with Gasteiger partial charge in [-0.25, -0.2) is 0 Å². The fourth-order valence-corrected chi connectivity index (χ4v) is 2.92. The summed E-state index contributed by atoms with van der Waals surface area (Å²) >= 11 is 0. The average molecular weight is 257 g/mol. The summed E-state index contributed by atoms with van der Waals surface area (Å²) in [4.78, 5) is 0. The summed E-state index contributed by atoms with van der Waals surface area (Å²) in [7, 11) is -3.54. The molecule has 1 aliphatic heterocycles. The maximum Gasteiger partial charge on any atom is 0.301 e. The average Bonchev–Trinajstić information content (AvgIpc) is 2.36. The molecule has 1 heterocycles. The number of ether oxygens (including phenoxy) is 1. The Morgan fingerprint density at radius 2 is 2.18 bits per heavy atom. The van der Waals surface area contributed by atoms with Gasteiger partial charge in [-0.1, -0.05) is 12.1 Å². The third kappa shape index (κ3) is 2.51. The van der Waals surface area contributed by atoms with E-state index in [0.717, 1.165) is 0 Å². The van der Waals surface area contributed by atoms with Crippen LogP contribution in [0.25, 0.3) is 0 Å². The molecule has 0 saturated heterocycles. The Hall–Kier alpha value is -1.31. The van der Waals surface area contributed by atoms with E-state index in [1.165, 1.54) is 4.31 Å². The van der Waals surface area contributed by atoms with Gasteiger partial charge >= 0.3 is 10.2 Å². The van der Waals surface area contributed by atoms with E-state index in [2.05, 4.69) is 4.72 Å². The lowest BCUT2D eigenvalue weighted by Crippen LogP contribution is -2.46. The maximum atomic E-state index is 12.0. The number of nitrogens with zero attached hydrogens (tertiary/aromatic N) is 1. The molecule has 3 N–H and O–H groups in total. The molecule has 0 bridgehead atoms. The molecule has 1 aromatic carbocycles. The number of fused-ring (bicyclic) bond motifs is 1. The van der Waals surface area contributed by atoms with Crippen molar-refractivity contribution in [2.45, 2.75) is 0 Å². The SMILES string of the molecule is NCCNS(=O)(=O)N1CCOc2ccccc21. The molecule has 0 saturated carbocycles. The van der Waals surface area contributed by atoms with E-state index in [1.807, 2.05) is 6.07 Å². The van der Waals surface area contributed by atoms with Crippen molar-refractivity contribution in [2.75, 3.05) is 30.5 Å². The van der Waals surface area contributed by atoms with E-state index in [-0.39, 0.29) is 13.1 Å². The number of benzene rings is 1. The predicted molar refractivity (Wildman–Crippen MR) is 65.3 cm³/mol. The number of nitrogens with two attached hydrogens (primary N) is 1. The van der Waals surface area contributed by atoms with Crippen LogP contribution in [0.1, 0.15) is 0 Å². The lowest BCUT2D eigenvalue weighted by Gasteiger charge is -2.30. The molecule has 0 fully saturated rings. The molecule has 7 heteroatoms. The molecule has 0 atom stereocenters. The predicted octanol–water partition coefficient (Wildman–Crippen LogP) is -0.321. The van der Waals surface area contributed by atoms with E-state index in [4.69, 9.17) is 10.5 Å². The first-order valence-electron chi connectivity index (χ1n) is 5.34. The highest BCUT2D eigenvalue weighted by molar-refractivity contribution is 7.90. The molecular weight excluding hydrogens is 242 g/mol. The molecule has 0 unspecified atom stereocenters. The van der Waals surface area contributed by atoms with E-state index in [1.54, 1.807) is 18.2 Å². The number of hydrogen-bond donors (Lipinski definition) is 2. The molecule has 0 spiro atoms. The Bertz CT molecular complexity index is 489. The quantitative estimate of drug-likeness (QED) is 0.774. The molecule has 94 valence electrons. The van der Waals surface area contributed by atoms with Crippen molar-refractivity contribution in [3.05, 3.63) is 24.3 Å². The van der Waals surface area contributed by atoms with Gasteiger partial charge in [-0.2, -0.15) is 13.1 Å². The van der Waals surface area contributed by atoms with Crippen molar-refractivity contribution < 1.29 is 13.2 Å². The van der Waals surface area contributed by atoms with Crippen molar-refractivity contribution in [3.8, 4) is 5.75 Å². The van der Waals surface area contributed by atoms with Crippen LogP contribution in [0, 0.1) is 0 Å². The molecule has 1 aromatic rings. The molecule has 0 amide bonds. The Balaban J connectivity index is 2.29. The molecule has 0 aliphatic carbocycles. The van der Waals surface area contributed by atoms with Gasteiger partial charge in [0.1, 0.15) is 12.4 Å². The Morgan fingerprint density at radius 3 is 2.94 bits per heavy atom. The second-order valence-electron chi connectivity index (χ2n) is 3.58. The standard InChI is InChI=1S/C10H15N3O3S/c11-5-6-12-17(14,15)13-7-8-16-10-4-2-1-3-9(10)13/h1-4,12H,5-8,11H2. The number of nitrogens with one attached hydrogen (secondary N) is 1. The van der Waals surface area contributed by atoms with Crippen molar-refractivity contribution in [1.29, 1.82) is 0 Å². The topological polar surface area (TPSA) is 84.7 Å². The Labute approximate surface area is 101 Å². The van der Waals surface area contributed by atoms with E-state index < -0.39 is 10.2 Å². The number of rotatable bonds is 4. The van der Waals surface area contributed by atoms with Crippen LogP contribution in [-0.2, 0) is 10.2 Å². The highest BCUT2D eigenvalue weighted by Crippen LogP contribution is 2.32. The smallest absolute Gasteiger partial charge is 0.301 e. The summed E-state index contributed by atoms with van der Waals surface area (Å²) < 4.78 is 33.2. The van der Waals surface area contributed by atoms with Crippen LogP contribution < -0.4 is 19.5 Å². The van der Waals surface area contributed by atoms with Crippen LogP contribution in [0.4, 0.5) is 5.69 Å². The van der Waals surface area contributed by atoms with Crippen LogP contribution in [0.3, 0.4) is 0 Å². The molecule has 17 heavy (non-hydrogen) atoms. The fourth-order valence-electron chi connectivity index (χ4n) is 1.66. The van der Waals surface area contributed by atoms with Crippen LogP contribution in [0.5, 0.6) is 5.75 Å². The van der Waals surface area contributed by atoms with Gasteiger partial charge in [0, 0.05) is 13.1 Å². The number of para-hydroxylation sites is 2. The van der Waals surface area contributed by atoms with Gasteiger partial charge in [-0.3, -0.25) is 4.31 Å². The minimum atomic E-state index is -3.54. The summed E-state index contributed by atoms with van der Waals surface area (Å²) in [5.74, 6) is 0.580. The second-order valence-corrected chi connectivity index (χ2v) is 5.26. The minimum absolute atomic E-state index is 0.224. The minimum Gasteiger partial charge on any atom is -0.489 e. The largest absolute Gasteiger partial charge is 0.489 e. The van der Waals surface area contributed by atoms with Gasteiger partial charge in [0.2, 0.25) is 0 Å². The monoisotopic (exact) mass is 257 g/mol. The highest BCUT2D eigenvalue weighted by Gasteiger charge is 2.27. The molecule has 6 nitrogen and oxygen atoms in total. The summed E-state index contributed by atoms with van der Waals surface area (Å²) in [6.07, 6.45) is 0. The first-order valence-corrected chi connectivity index (χ1v) is 6.78. The normalized spacial score (nSPS) is 15.2. The van der Waals surface area contributed by atoms with Gasteiger partial charge in [-0.05, 0) is 12.1 Å². The fraction of sp³-hybridized carbons (Fsp3) is 0.400. The summed E-state index contributed by atoms with van der Waals surface area (Å²) in [5, 5.41) is 0. The van der Waals surface area contributed by atoms with Gasteiger partial charge in [0.15, 0.2) is 0 Å². The first-order chi connectivity index (χ1) is 8.15. The third-order valence-corrected chi connectivity index (χ3v) is 3.93. The van der Waals surface area contributed by atoms with Gasteiger partial charge in [0.25, 0.3) is 0 Å². The number of hydrogen-bond acceptors (Lipinski definition) is 4. The third-order valence-electron chi connectivity index (χ3n) is 2.40. The highest BCUT2D eigenvalue weighted by atomic mass is 32.2. The van der Waals surface area contributed by atoms with Gasteiger partial charge < -0.3 is 10.5 Å².